The Morgan fingerprint density at radius 2 is 1.90 bits per heavy atom. The normalized spacial score (nSPS) is 17.2. The zero-order valence-corrected chi connectivity index (χ0v) is 18.9. The molecule has 2 aliphatic rings. The molecule has 2 aliphatic heterocycles. The Labute approximate surface area is 189 Å². The fourth-order valence-corrected chi connectivity index (χ4v) is 6.57. The zero-order valence-electron chi connectivity index (χ0n) is 17.3. The number of carbonyl (C=O) groups excluding carboxylic acids is 1. The summed E-state index contributed by atoms with van der Waals surface area (Å²) in [4.78, 5) is 14.7. The van der Waals surface area contributed by atoms with Gasteiger partial charge in [-0.2, -0.15) is 0 Å². The highest BCUT2D eigenvalue weighted by atomic mass is 32.2. The van der Waals surface area contributed by atoms with Gasteiger partial charge in [0.25, 0.3) is 0 Å². The van der Waals surface area contributed by atoms with E-state index in [9.17, 15) is 9.18 Å². The maximum atomic E-state index is 13.0. The number of likely N-dealkylation sites (tertiary alicyclic amines) is 1. The first-order valence-electron chi connectivity index (χ1n) is 10.8. The van der Waals surface area contributed by atoms with Crippen LogP contribution in [0.5, 0.6) is 0 Å². The number of hydrogen-bond acceptors (Lipinski definition) is 6. The molecular formula is C23H25FN4OS2. The topological polar surface area (TPSA) is 51.0 Å². The Morgan fingerprint density at radius 1 is 1.10 bits per heavy atom. The van der Waals surface area contributed by atoms with Gasteiger partial charge in [-0.3, -0.25) is 4.79 Å². The van der Waals surface area contributed by atoms with E-state index in [1.165, 1.54) is 21.9 Å². The molecule has 0 aliphatic carbocycles. The molecule has 0 bridgehead atoms. The van der Waals surface area contributed by atoms with E-state index in [0.29, 0.717) is 17.9 Å². The molecule has 0 saturated carbocycles. The van der Waals surface area contributed by atoms with Crippen LogP contribution in [0.1, 0.15) is 47.8 Å². The fourth-order valence-electron chi connectivity index (χ4n) is 4.50. The van der Waals surface area contributed by atoms with E-state index >= 15 is 0 Å². The Morgan fingerprint density at radius 3 is 2.71 bits per heavy atom. The van der Waals surface area contributed by atoms with Crippen molar-refractivity contribution in [3.05, 3.63) is 52.9 Å². The Balaban J connectivity index is 1.14. The number of Topliss-reactive ketones (excluding diaryl/α,β-unsaturated/α-hetero) is 1. The van der Waals surface area contributed by atoms with Gasteiger partial charge < -0.3 is 9.47 Å². The van der Waals surface area contributed by atoms with Crippen molar-refractivity contribution in [1.82, 2.24) is 19.7 Å². The van der Waals surface area contributed by atoms with Crippen LogP contribution in [0, 0.1) is 5.82 Å². The first kappa shape index (κ1) is 20.8. The molecule has 5 rings (SSSR count). The standard InChI is InChI=1S/C23H25FN4OS2/c24-18-5-3-16(4-6-18)20(29)2-1-10-27-11-7-17(8-12-27)21-25-26-22-19-9-14-30-23(19)31-15-13-28(21)22/h3-6,9,14,17H,1-2,7-8,10-13,15H2. The first-order valence-corrected chi connectivity index (χ1v) is 12.7. The zero-order chi connectivity index (χ0) is 21.2. The average molecular weight is 457 g/mol. The van der Waals surface area contributed by atoms with Crippen LogP contribution in [0.3, 0.4) is 0 Å². The summed E-state index contributed by atoms with van der Waals surface area (Å²) < 4.78 is 16.7. The Kier molecular flexibility index (Phi) is 6.20. The van der Waals surface area contributed by atoms with E-state index in [4.69, 9.17) is 0 Å². The molecule has 0 N–H and O–H groups in total. The molecule has 0 spiro atoms. The van der Waals surface area contributed by atoms with Gasteiger partial charge in [-0.15, -0.1) is 33.3 Å². The molecule has 0 unspecified atom stereocenters. The summed E-state index contributed by atoms with van der Waals surface area (Å²) in [5, 5.41) is 11.3. The third-order valence-corrected chi connectivity index (χ3v) is 8.41. The Hall–Kier alpha value is -2.03. The quantitative estimate of drug-likeness (QED) is 0.484. The van der Waals surface area contributed by atoms with E-state index in [1.54, 1.807) is 23.5 Å². The van der Waals surface area contributed by atoms with Crippen LogP contribution in [0.15, 0.2) is 39.9 Å². The molecule has 1 saturated heterocycles. The fraction of sp³-hybridized carbons (Fsp3) is 0.435. The number of piperidine rings is 1. The SMILES string of the molecule is O=C(CCCN1CCC(c2nnc3n2CCSc2sccc2-3)CC1)c1ccc(F)cc1. The summed E-state index contributed by atoms with van der Waals surface area (Å²) in [5.74, 6) is 3.46. The maximum Gasteiger partial charge on any atom is 0.165 e. The largest absolute Gasteiger partial charge is 0.310 e. The second-order valence-electron chi connectivity index (χ2n) is 8.15. The van der Waals surface area contributed by atoms with Crippen molar-refractivity contribution in [2.75, 3.05) is 25.4 Å². The smallest absolute Gasteiger partial charge is 0.165 e. The molecule has 0 amide bonds. The summed E-state index contributed by atoms with van der Waals surface area (Å²) in [5.41, 5.74) is 1.83. The lowest BCUT2D eigenvalue weighted by Gasteiger charge is -2.31. The van der Waals surface area contributed by atoms with Gasteiger partial charge in [0.05, 0.1) is 4.21 Å². The highest BCUT2D eigenvalue weighted by molar-refractivity contribution is 8.01. The molecule has 1 fully saturated rings. The Bertz CT molecular complexity index is 1050. The van der Waals surface area contributed by atoms with Crippen LogP contribution in [-0.4, -0.2) is 50.8 Å². The highest BCUT2D eigenvalue weighted by Gasteiger charge is 2.28. The van der Waals surface area contributed by atoms with E-state index in [0.717, 1.165) is 62.8 Å². The van der Waals surface area contributed by atoms with Crippen molar-refractivity contribution in [3.63, 3.8) is 0 Å². The van der Waals surface area contributed by atoms with Crippen molar-refractivity contribution in [2.45, 2.75) is 42.4 Å². The second kappa shape index (κ2) is 9.22. The number of fused-ring (bicyclic) bond motifs is 3. The molecule has 5 nitrogen and oxygen atoms in total. The highest BCUT2D eigenvalue weighted by Crippen LogP contribution is 2.39. The molecule has 162 valence electrons. The predicted molar refractivity (Wildman–Crippen MR) is 122 cm³/mol. The molecule has 4 heterocycles. The van der Waals surface area contributed by atoms with Crippen molar-refractivity contribution in [3.8, 4) is 11.4 Å². The first-order chi connectivity index (χ1) is 15.2. The lowest BCUT2D eigenvalue weighted by atomic mass is 9.95. The van der Waals surface area contributed by atoms with E-state index < -0.39 is 0 Å². The van der Waals surface area contributed by atoms with Crippen molar-refractivity contribution < 1.29 is 9.18 Å². The number of rotatable bonds is 6. The molecule has 3 aromatic rings. The number of aromatic nitrogens is 3. The number of ketones is 1. The molecular weight excluding hydrogens is 431 g/mol. The molecule has 2 aromatic heterocycles. The minimum atomic E-state index is -0.307. The average Bonchev–Trinajstić information content (AvgIpc) is 3.38. The predicted octanol–water partition coefficient (Wildman–Crippen LogP) is 5.09. The lowest BCUT2D eigenvalue weighted by molar-refractivity contribution is 0.0972. The molecule has 0 radical (unpaired) electrons. The van der Waals surface area contributed by atoms with Crippen molar-refractivity contribution in [1.29, 1.82) is 0 Å². The second-order valence-corrected chi connectivity index (χ2v) is 10.4. The van der Waals surface area contributed by atoms with Crippen LogP contribution in [-0.2, 0) is 6.54 Å². The van der Waals surface area contributed by atoms with E-state index in [-0.39, 0.29) is 11.6 Å². The van der Waals surface area contributed by atoms with Gasteiger partial charge in [0.2, 0.25) is 0 Å². The van der Waals surface area contributed by atoms with Crippen molar-refractivity contribution in [2.24, 2.45) is 0 Å². The summed E-state index contributed by atoms with van der Waals surface area (Å²) in [6, 6.07) is 8.00. The monoisotopic (exact) mass is 456 g/mol. The minimum absolute atomic E-state index is 0.0895. The number of carbonyl (C=O) groups is 1. The van der Waals surface area contributed by atoms with Gasteiger partial charge in [0, 0.05) is 35.8 Å². The third kappa shape index (κ3) is 4.47. The summed E-state index contributed by atoms with van der Waals surface area (Å²) in [7, 11) is 0. The third-order valence-electron chi connectivity index (χ3n) is 6.20. The van der Waals surface area contributed by atoms with Gasteiger partial charge in [0.15, 0.2) is 11.6 Å². The van der Waals surface area contributed by atoms with Crippen LogP contribution in [0.25, 0.3) is 11.4 Å². The van der Waals surface area contributed by atoms with Gasteiger partial charge in [-0.25, -0.2) is 4.39 Å². The van der Waals surface area contributed by atoms with E-state index in [1.807, 2.05) is 11.8 Å². The number of nitrogens with zero attached hydrogens (tertiary/aromatic N) is 4. The van der Waals surface area contributed by atoms with Crippen LogP contribution >= 0.6 is 23.1 Å². The lowest BCUT2D eigenvalue weighted by Crippen LogP contribution is -2.34. The van der Waals surface area contributed by atoms with Gasteiger partial charge in [-0.1, -0.05) is 0 Å². The number of thioether (sulfide) groups is 1. The number of benzene rings is 1. The molecule has 31 heavy (non-hydrogen) atoms. The maximum absolute atomic E-state index is 13.0. The number of hydrogen-bond donors (Lipinski definition) is 0. The van der Waals surface area contributed by atoms with Crippen molar-refractivity contribution >= 4 is 28.9 Å². The molecule has 1 aromatic carbocycles. The van der Waals surface area contributed by atoms with Crippen LogP contribution < -0.4 is 0 Å². The van der Waals surface area contributed by atoms with Crippen LogP contribution in [0.4, 0.5) is 4.39 Å². The van der Waals surface area contributed by atoms with Gasteiger partial charge in [0.1, 0.15) is 11.6 Å². The molecule has 8 heteroatoms. The summed E-state index contributed by atoms with van der Waals surface area (Å²) in [6.07, 6.45) is 3.49. The number of halogens is 1. The minimum Gasteiger partial charge on any atom is -0.310 e. The van der Waals surface area contributed by atoms with E-state index in [2.05, 4.69) is 31.1 Å². The number of thiophene rings is 1. The molecule has 0 atom stereocenters. The summed E-state index contributed by atoms with van der Waals surface area (Å²) in [6.45, 7) is 3.94. The summed E-state index contributed by atoms with van der Waals surface area (Å²) >= 11 is 3.71. The van der Waals surface area contributed by atoms with Gasteiger partial charge >= 0.3 is 0 Å². The van der Waals surface area contributed by atoms with Gasteiger partial charge in [-0.05, 0) is 74.6 Å². The van der Waals surface area contributed by atoms with Crippen LogP contribution in [0.2, 0.25) is 0 Å².